The monoisotopic (exact) mass is 427 g/mol. The van der Waals surface area contributed by atoms with Gasteiger partial charge in [-0.05, 0) is 0 Å². The number of alkyl halides is 3. The normalized spacial score (nSPS) is 17.6. The van der Waals surface area contributed by atoms with Crippen LogP contribution in [0.3, 0.4) is 0 Å². The van der Waals surface area contributed by atoms with Gasteiger partial charge in [0.1, 0.15) is 23.5 Å². The van der Waals surface area contributed by atoms with Gasteiger partial charge < -0.3 is 5.32 Å². The standard InChI is InChI=1S/C13H15F6N3O2S.ClH/c14-8-5-9(15)12(10(16)6-8)25(23,24)21-7-11(13(17,18)19)22-3-1-20-2-4-22;/h5-6,11,20-21H,1-4,7H2;1H. The molecule has 1 fully saturated rings. The molecule has 2 N–H and O–H groups in total. The Labute approximate surface area is 152 Å². The van der Waals surface area contributed by atoms with Crippen molar-refractivity contribution in [3.63, 3.8) is 0 Å². The number of nitrogens with one attached hydrogen (secondary N) is 2. The highest BCUT2D eigenvalue weighted by Crippen LogP contribution is 2.26. The summed E-state index contributed by atoms with van der Waals surface area (Å²) in [4.78, 5) is -0.494. The quantitative estimate of drug-likeness (QED) is 0.701. The van der Waals surface area contributed by atoms with E-state index in [1.54, 1.807) is 4.72 Å². The smallest absolute Gasteiger partial charge is 0.314 e. The fourth-order valence-electron chi connectivity index (χ4n) is 2.49. The van der Waals surface area contributed by atoms with Gasteiger partial charge in [0, 0.05) is 44.9 Å². The molecule has 0 aliphatic carbocycles. The Morgan fingerprint density at radius 2 is 1.62 bits per heavy atom. The highest BCUT2D eigenvalue weighted by molar-refractivity contribution is 7.89. The molecule has 13 heteroatoms. The van der Waals surface area contributed by atoms with Crippen LogP contribution in [0.5, 0.6) is 0 Å². The number of rotatable bonds is 5. The Morgan fingerprint density at radius 1 is 1.12 bits per heavy atom. The average Bonchev–Trinajstić information content (AvgIpc) is 2.45. The molecule has 1 saturated heterocycles. The van der Waals surface area contributed by atoms with Gasteiger partial charge in [0.2, 0.25) is 10.0 Å². The van der Waals surface area contributed by atoms with Gasteiger partial charge in [-0.2, -0.15) is 13.2 Å². The van der Waals surface area contributed by atoms with E-state index >= 15 is 0 Å². The second kappa shape index (κ2) is 8.74. The molecule has 1 aliphatic heterocycles. The molecule has 0 bridgehead atoms. The predicted molar refractivity (Wildman–Crippen MR) is 83.0 cm³/mol. The van der Waals surface area contributed by atoms with Crippen LogP contribution in [-0.2, 0) is 10.0 Å². The minimum absolute atomic E-state index is 0. The highest BCUT2D eigenvalue weighted by Gasteiger charge is 2.44. The Morgan fingerprint density at radius 3 is 2.08 bits per heavy atom. The minimum Gasteiger partial charge on any atom is -0.314 e. The van der Waals surface area contributed by atoms with E-state index in [2.05, 4.69) is 5.32 Å². The van der Waals surface area contributed by atoms with Crippen molar-refractivity contribution < 1.29 is 34.8 Å². The molecule has 1 atom stereocenters. The zero-order valence-electron chi connectivity index (χ0n) is 13.1. The molecule has 5 nitrogen and oxygen atoms in total. The number of hydrogen-bond donors (Lipinski definition) is 2. The maximum Gasteiger partial charge on any atom is 0.405 e. The molecule has 0 spiro atoms. The van der Waals surface area contributed by atoms with E-state index in [9.17, 15) is 34.8 Å². The van der Waals surface area contributed by atoms with Gasteiger partial charge in [0.15, 0.2) is 4.90 Å². The molecule has 26 heavy (non-hydrogen) atoms. The summed E-state index contributed by atoms with van der Waals surface area (Å²) in [6, 6.07) is -1.89. The minimum atomic E-state index is -4.94. The number of benzene rings is 1. The summed E-state index contributed by atoms with van der Waals surface area (Å²) in [5.74, 6) is -4.80. The third-order valence-corrected chi connectivity index (χ3v) is 5.14. The first-order valence-electron chi connectivity index (χ1n) is 7.18. The van der Waals surface area contributed by atoms with E-state index < -0.39 is 51.1 Å². The second-order valence-electron chi connectivity index (χ2n) is 5.39. The maximum atomic E-state index is 13.6. The van der Waals surface area contributed by atoms with Crippen LogP contribution < -0.4 is 10.0 Å². The van der Waals surface area contributed by atoms with E-state index in [1.165, 1.54) is 0 Å². The first-order valence-corrected chi connectivity index (χ1v) is 8.66. The molecule has 1 unspecified atom stereocenters. The van der Waals surface area contributed by atoms with Gasteiger partial charge in [0.25, 0.3) is 0 Å². The van der Waals surface area contributed by atoms with Crippen molar-refractivity contribution in [1.29, 1.82) is 0 Å². The fraction of sp³-hybridized carbons (Fsp3) is 0.538. The van der Waals surface area contributed by atoms with Crippen molar-refractivity contribution >= 4 is 22.4 Å². The van der Waals surface area contributed by atoms with Crippen molar-refractivity contribution in [3.8, 4) is 0 Å². The Hall–Kier alpha value is -1.08. The molecular formula is C13H16ClF6N3O2S. The van der Waals surface area contributed by atoms with E-state index in [-0.39, 0.29) is 37.6 Å². The Bertz CT molecular complexity index is 702. The molecule has 1 aromatic carbocycles. The molecule has 1 aliphatic rings. The molecule has 0 saturated carbocycles. The summed E-state index contributed by atoms with van der Waals surface area (Å²) >= 11 is 0. The summed E-state index contributed by atoms with van der Waals surface area (Å²) in [5, 5.41) is 2.86. The molecule has 0 radical (unpaired) electrons. The van der Waals surface area contributed by atoms with E-state index in [1.807, 2.05) is 0 Å². The van der Waals surface area contributed by atoms with Gasteiger partial charge in [-0.3, -0.25) is 4.90 Å². The van der Waals surface area contributed by atoms with Crippen LogP contribution in [0.1, 0.15) is 0 Å². The molecule has 1 aromatic rings. The van der Waals surface area contributed by atoms with Crippen LogP contribution in [0, 0.1) is 17.5 Å². The van der Waals surface area contributed by atoms with Crippen LogP contribution in [0.25, 0.3) is 0 Å². The van der Waals surface area contributed by atoms with Crippen LogP contribution in [0.4, 0.5) is 26.3 Å². The molecule has 150 valence electrons. The van der Waals surface area contributed by atoms with Crippen molar-refractivity contribution in [2.75, 3.05) is 32.7 Å². The SMILES string of the molecule is Cl.O=S(=O)(NCC(N1CCNCC1)C(F)(F)F)c1c(F)cc(F)cc1F. The molecule has 0 amide bonds. The van der Waals surface area contributed by atoms with Gasteiger partial charge in [-0.1, -0.05) is 0 Å². The van der Waals surface area contributed by atoms with E-state index in [0.29, 0.717) is 13.1 Å². The Kier molecular flexibility index (Phi) is 7.72. The molecule has 2 rings (SSSR count). The summed E-state index contributed by atoms with van der Waals surface area (Å²) in [7, 11) is -4.94. The highest BCUT2D eigenvalue weighted by atomic mass is 35.5. The van der Waals surface area contributed by atoms with Gasteiger partial charge in [-0.25, -0.2) is 26.3 Å². The van der Waals surface area contributed by atoms with Crippen molar-refractivity contribution in [1.82, 2.24) is 14.9 Å². The first-order chi connectivity index (χ1) is 11.5. The fourth-order valence-corrected chi connectivity index (χ4v) is 3.65. The summed E-state index contributed by atoms with van der Waals surface area (Å²) in [6.45, 7) is -0.473. The van der Waals surface area contributed by atoms with E-state index in [0.717, 1.165) is 4.90 Å². The summed E-state index contributed by atoms with van der Waals surface area (Å²) < 4.78 is 105. The van der Waals surface area contributed by atoms with E-state index in [4.69, 9.17) is 0 Å². The lowest BCUT2D eigenvalue weighted by Crippen LogP contribution is -2.57. The molecular weight excluding hydrogens is 412 g/mol. The average molecular weight is 428 g/mol. The van der Waals surface area contributed by atoms with Crippen LogP contribution in [-0.4, -0.2) is 58.3 Å². The summed E-state index contributed by atoms with van der Waals surface area (Å²) in [5.41, 5.74) is 0. The zero-order chi connectivity index (χ0) is 18.8. The lowest BCUT2D eigenvalue weighted by molar-refractivity contribution is -0.182. The van der Waals surface area contributed by atoms with Crippen molar-refractivity contribution in [2.45, 2.75) is 17.1 Å². The van der Waals surface area contributed by atoms with Gasteiger partial charge in [0.05, 0.1) is 0 Å². The largest absolute Gasteiger partial charge is 0.405 e. The van der Waals surface area contributed by atoms with Crippen LogP contribution in [0.15, 0.2) is 17.0 Å². The van der Waals surface area contributed by atoms with Crippen LogP contribution in [0.2, 0.25) is 0 Å². The number of nitrogens with zero attached hydrogens (tertiary/aromatic N) is 1. The molecule has 0 aromatic heterocycles. The number of sulfonamides is 1. The van der Waals surface area contributed by atoms with Gasteiger partial charge in [-0.15, -0.1) is 12.4 Å². The first kappa shape index (κ1) is 23.0. The Balaban J connectivity index is 0.00000338. The molecule has 1 heterocycles. The zero-order valence-corrected chi connectivity index (χ0v) is 14.7. The third kappa shape index (κ3) is 5.46. The van der Waals surface area contributed by atoms with Gasteiger partial charge >= 0.3 is 6.18 Å². The predicted octanol–water partition coefficient (Wildman–Crippen LogP) is 1.64. The topological polar surface area (TPSA) is 61.4 Å². The van der Waals surface area contributed by atoms with Crippen molar-refractivity contribution in [3.05, 3.63) is 29.6 Å². The van der Waals surface area contributed by atoms with Crippen molar-refractivity contribution in [2.24, 2.45) is 0 Å². The maximum absolute atomic E-state index is 13.6. The number of piperazine rings is 1. The number of hydrogen-bond acceptors (Lipinski definition) is 4. The number of halogens is 7. The lowest BCUT2D eigenvalue weighted by Gasteiger charge is -2.35. The second-order valence-corrected chi connectivity index (χ2v) is 7.10. The van der Waals surface area contributed by atoms with Crippen LogP contribution >= 0.6 is 12.4 Å². The summed E-state index contributed by atoms with van der Waals surface area (Å²) in [6.07, 6.45) is -4.75. The lowest BCUT2D eigenvalue weighted by atomic mass is 10.2. The third-order valence-electron chi connectivity index (χ3n) is 3.67.